The molecular formula is C29H32N4O9. The molecule has 5 rings (SSSR count). The molecule has 4 unspecified atom stereocenters. The molecule has 3 aliphatic carbocycles. The monoisotopic (exact) mass is 580 g/mol. The quantitative estimate of drug-likeness (QED) is 0.228. The van der Waals surface area contributed by atoms with Crippen LogP contribution in [0.5, 0.6) is 5.75 Å². The van der Waals surface area contributed by atoms with Gasteiger partial charge in [-0.3, -0.25) is 24.1 Å². The van der Waals surface area contributed by atoms with Crippen LogP contribution in [0.15, 0.2) is 39.8 Å². The Kier molecular flexibility index (Phi) is 6.98. The average Bonchev–Trinajstić information content (AvgIpc) is 3.45. The van der Waals surface area contributed by atoms with E-state index in [-0.39, 0.29) is 54.1 Å². The second-order valence-electron chi connectivity index (χ2n) is 11.4. The van der Waals surface area contributed by atoms with Crippen molar-refractivity contribution in [2.45, 2.75) is 37.3 Å². The number of aliphatic hydroxyl groups excluding tert-OH is 2. The van der Waals surface area contributed by atoms with Gasteiger partial charge in [-0.05, 0) is 56.5 Å². The lowest BCUT2D eigenvalue weighted by Crippen LogP contribution is -2.65. The first-order valence-electron chi connectivity index (χ1n) is 13.3. The lowest BCUT2D eigenvalue weighted by atomic mass is 9.57. The molecule has 1 aromatic heterocycles. The highest BCUT2D eigenvalue weighted by molar-refractivity contribution is 6.24. The molecule has 13 heteroatoms. The molecule has 222 valence electrons. The van der Waals surface area contributed by atoms with Crippen LogP contribution in [-0.2, 0) is 27.2 Å². The zero-order chi connectivity index (χ0) is 30.8. The molecule has 3 aliphatic rings. The smallest absolute Gasteiger partial charge is 0.255 e. The first kappa shape index (κ1) is 29.0. The summed E-state index contributed by atoms with van der Waals surface area (Å²) < 4.78 is 4.91. The lowest BCUT2D eigenvalue weighted by molar-refractivity contribution is -0.153. The van der Waals surface area contributed by atoms with Crippen molar-refractivity contribution in [2.24, 2.45) is 17.6 Å². The second-order valence-corrected chi connectivity index (χ2v) is 11.4. The van der Waals surface area contributed by atoms with Crippen LogP contribution in [0.25, 0.3) is 5.76 Å². The maximum atomic E-state index is 14.1. The number of nitrogens with zero attached hydrogens (tertiary/aromatic N) is 3. The molecular weight excluding hydrogens is 548 g/mol. The number of primary amides is 1. The van der Waals surface area contributed by atoms with Crippen LogP contribution in [0.4, 0.5) is 5.69 Å². The zero-order valence-corrected chi connectivity index (χ0v) is 23.5. The second kappa shape index (κ2) is 10.1. The van der Waals surface area contributed by atoms with Crippen molar-refractivity contribution in [1.82, 2.24) is 10.1 Å². The number of aliphatic hydroxyl groups is 3. The number of hydrogen-bond acceptors (Lipinski definition) is 12. The molecule has 1 heterocycles. The predicted molar refractivity (Wildman–Crippen MR) is 148 cm³/mol. The van der Waals surface area contributed by atoms with Gasteiger partial charge < -0.3 is 35.6 Å². The number of anilines is 1. The van der Waals surface area contributed by atoms with Crippen LogP contribution >= 0.6 is 0 Å². The molecule has 2 aromatic rings. The Bertz CT molecular complexity index is 1590. The van der Waals surface area contributed by atoms with Gasteiger partial charge in [-0.1, -0.05) is 5.16 Å². The Morgan fingerprint density at radius 3 is 2.43 bits per heavy atom. The van der Waals surface area contributed by atoms with E-state index in [2.05, 4.69) is 5.16 Å². The fourth-order valence-electron chi connectivity index (χ4n) is 6.67. The van der Waals surface area contributed by atoms with Crippen molar-refractivity contribution < 1.29 is 44.1 Å². The fourth-order valence-corrected chi connectivity index (χ4v) is 6.67. The van der Waals surface area contributed by atoms with Crippen LogP contribution in [0.2, 0.25) is 0 Å². The van der Waals surface area contributed by atoms with Gasteiger partial charge in [0.2, 0.25) is 17.3 Å². The molecule has 13 nitrogen and oxygen atoms in total. The molecule has 1 saturated carbocycles. The van der Waals surface area contributed by atoms with E-state index < -0.39 is 58.0 Å². The van der Waals surface area contributed by atoms with Crippen molar-refractivity contribution in [3.8, 4) is 5.75 Å². The van der Waals surface area contributed by atoms with Crippen molar-refractivity contribution in [2.75, 3.05) is 33.1 Å². The van der Waals surface area contributed by atoms with Crippen molar-refractivity contribution >= 4 is 34.7 Å². The highest BCUT2D eigenvalue weighted by Gasteiger charge is 2.64. The minimum Gasteiger partial charge on any atom is -0.508 e. The molecule has 1 amide bonds. The predicted octanol–water partition coefficient (Wildman–Crippen LogP) is 0.834. The Labute approximate surface area is 240 Å². The molecule has 0 aliphatic heterocycles. The van der Waals surface area contributed by atoms with E-state index in [9.17, 15) is 39.6 Å². The van der Waals surface area contributed by atoms with Crippen LogP contribution in [-0.4, -0.2) is 93.6 Å². The van der Waals surface area contributed by atoms with Gasteiger partial charge in [-0.15, -0.1) is 0 Å². The van der Waals surface area contributed by atoms with E-state index in [4.69, 9.17) is 10.3 Å². The molecule has 6 N–H and O–H groups in total. The van der Waals surface area contributed by atoms with Gasteiger partial charge in [0.15, 0.2) is 11.4 Å². The number of phenolic OH excluding ortho intramolecular Hbond substituents is 1. The van der Waals surface area contributed by atoms with Crippen molar-refractivity contribution in [3.05, 3.63) is 57.7 Å². The number of Topliss-reactive ketones (excluding diaryl/α,β-unsaturated/α-hetero) is 3. The Balaban J connectivity index is 1.65. The third-order valence-electron chi connectivity index (χ3n) is 8.59. The summed E-state index contributed by atoms with van der Waals surface area (Å²) in [5.41, 5.74) is 3.01. The number of fused-ring (bicyclic) bond motifs is 3. The summed E-state index contributed by atoms with van der Waals surface area (Å²) in [5, 5.41) is 49.2. The SMILES string of the molecule is CN(C)c1cc(CCC(=O)c2ccno2)c(O)c2c1CC1CC3C(N(C)C)C(=O)C(C(N)=O)=C(O)C3(O)C(=O)C1=C2O. The van der Waals surface area contributed by atoms with E-state index in [0.29, 0.717) is 16.8 Å². The molecule has 1 aromatic carbocycles. The van der Waals surface area contributed by atoms with Gasteiger partial charge >= 0.3 is 0 Å². The minimum atomic E-state index is -2.72. The van der Waals surface area contributed by atoms with Gasteiger partial charge in [-0.2, -0.15) is 0 Å². The maximum absolute atomic E-state index is 14.1. The molecule has 0 saturated heterocycles. The van der Waals surface area contributed by atoms with Crippen molar-refractivity contribution in [3.63, 3.8) is 0 Å². The molecule has 4 atom stereocenters. The van der Waals surface area contributed by atoms with Crippen LogP contribution in [0.3, 0.4) is 0 Å². The summed E-state index contributed by atoms with van der Waals surface area (Å²) in [4.78, 5) is 55.2. The summed E-state index contributed by atoms with van der Waals surface area (Å²) in [6.45, 7) is 0. The number of aromatic hydroxyl groups is 1. The van der Waals surface area contributed by atoms with Gasteiger partial charge in [0, 0.05) is 43.8 Å². The third-order valence-corrected chi connectivity index (χ3v) is 8.59. The van der Waals surface area contributed by atoms with Gasteiger partial charge in [0.1, 0.15) is 22.8 Å². The number of nitrogens with two attached hydrogens (primary N) is 1. The minimum absolute atomic E-state index is 0.00711. The van der Waals surface area contributed by atoms with E-state index in [0.717, 1.165) is 0 Å². The molecule has 0 radical (unpaired) electrons. The Morgan fingerprint density at radius 1 is 1.17 bits per heavy atom. The normalized spacial score (nSPS) is 25.3. The van der Waals surface area contributed by atoms with E-state index in [1.165, 1.54) is 17.2 Å². The number of hydrogen-bond donors (Lipinski definition) is 5. The highest BCUT2D eigenvalue weighted by atomic mass is 16.5. The summed E-state index contributed by atoms with van der Waals surface area (Å²) >= 11 is 0. The molecule has 0 spiro atoms. The maximum Gasteiger partial charge on any atom is 0.255 e. The van der Waals surface area contributed by atoms with E-state index in [1.54, 1.807) is 39.2 Å². The average molecular weight is 581 g/mol. The number of benzene rings is 1. The largest absolute Gasteiger partial charge is 0.508 e. The lowest BCUT2D eigenvalue weighted by Gasteiger charge is -2.50. The molecule has 0 bridgehead atoms. The number of carbonyl (C=O) groups is 4. The van der Waals surface area contributed by atoms with E-state index in [1.807, 2.05) is 0 Å². The number of aryl methyl sites for hydroxylation is 1. The number of ketones is 3. The number of amides is 1. The third kappa shape index (κ3) is 4.10. The van der Waals surface area contributed by atoms with Crippen molar-refractivity contribution in [1.29, 1.82) is 0 Å². The first-order chi connectivity index (χ1) is 19.7. The zero-order valence-electron chi connectivity index (χ0n) is 23.5. The van der Waals surface area contributed by atoms with Gasteiger partial charge in [0.05, 0.1) is 17.8 Å². The number of phenols is 1. The standard InChI is InChI=1S/C29H32N4O9/c1-32(2)16-11-12(5-6-17(34)18-7-8-31-42-18)23(35)20-14(16)9-13-10-15-22(33(3)4)25(37)21(28(30)40)27(39)29(15,41)26(38)19(13)24(20)36/h7-8,11,13,15,22,35-36,39,41H,5-6,9-10H2,1-4H3,(H2,30,40). The number of rotatable bonds is 7. The van der Waals surface area contributed by atoms with Crippen LogP contribution in [0.1, 0.15) is 40.1 Å². The molecule has 42 heavy (non-hydrogen) atoms. The van der Waals surface area contributed by atoms with Gasteiger partial charge in [-0.25, -0.2) is 0 Å². The number of aromatic nitrogens is 1. The number of likely N-dealkylation sites (N-methyl/N-ethyl adjacent to an activating group) is 1. The Morgan fingerprint density at radius 2 is 1.86 bits per heavy atom. The summed E-state index contributed by atoms with van der Waals surface area (Å²) in [7, 11) is 6.63. The van der Waals surface area contributed by atoms with Crippen LogP contribution < -0.4 is 10.6 Å². The molecule has 1 fully saturated rings. The topological polar surface area (TPSA) is 208 Å². The van der Waals surface area contributed by atoms with Gasteiger partial charge in [0.25, 0.3) is 5.91 Å². The highest BCUT2D eigenvalue weighted by Crippen LogP contribution is 2.54. The Hall–Kier alpha value is -4.49. The fraction of sp³-hybridized carbons (Fsp3) is 0.414. The summed E-state index contributed by atoms with van der Waals surface area (Å²) in [6.07, 6.45) is 1.53. The summed E-state index contributed by atoms with van der Waals surface area (Å²) in [5.74, 6) is -7.38. The van der Waals surface area contributed by atoms with Crippen LogP contribution in [0, 0.1) is 11.8 Å². The van der Waals surface area contributed by atoms with E-state index >= 15 is 0 Å². The summed E-state index contributed by atoms with van der Waals surface area (Å²) in [6, 6.07) is 1.98. The first-order valence-corrected chi connectivity index (χ1v) is 13.3. The number of carbonyl (C=O) groups excluding carboxylic acids is 4.